The molecule has 0 radical (unpaired) electrons. The number of rotatable bonds is 4. The number of hydrogen-bond acceptors (Lipinski definition) is 6. The minimum Gasteiger partial charge on any atom is -0.444 e. The first kappa shape index (κ1) is 18.0. The Balaban J connectivity index is 1.89. The van der Waals surface area contributed by atoms with Crippen LogP contribution in [-0.4, -0.2) is 51.9 Å². The van der Waals surface area contributed by atoms with E-state index < -0.39 is 5.60 Å². The molecule has 2 rings (SSSR count). The maximum absolute atomic E-state index is 11.9. The van der Waals surface area contributed by atoms with Crippen molar-refractivity contribution in [1.82, 2.24) is 20.2 Å². The molecule has 23 heavy (non-hydrogen) atoms. The van der Waals surface area contributed by atoms with Crippen LogP contribution >= 0.6 is 11.8 Å². The van der Waals surface area contributed by atoms with Crippen LogP contribution in [-0.2, 0) is 11.3 Å². The SMILES string of the molecule is CSc1nccnc1CN1CCC[C@H](NC(=O)OC(C)(C)C)C1. The fourth-order valence-electron chi connectivity index (χ4n) is 2.64. The number of nitrogens with one attached hydrogen (secondary N) is 1. The van der Waals surface area contributed by atoms with E-state index in [4.69, 9.17) is 4.74 Å². The van der Waals surface area contributed by atoms with Crippen LogP contribution in [0.15, 0.2) is 17.4 Å². The summed E-state index contributed by atoms with van der Waals surface area (Å²) in [6.45, 7) is 8.20. The van der Waals surface area contributed by atoms with Crippen LogP contribution in [0.25, 0.3) is 0 Å². The molecule has 1 aromatic heterocycles. The van der Waals surface area contributed by atoms with E-state index in [0.717, 1.165) is 43.2 Å². The Morgan fingerprint density at radius 1 is 1.43 bits per heavy atom. The van der Waals surface area contributed by atoms with E-state index in [1.165, 1.54) is 0 Å². The lowest BCUT2D eigenvalue weighted by molar-refractivity contribution is 0.0469. The Kier molecular flexibility index (Phi) is 6.24. The molecule has 0 saturated carbocycles. The largest absolute Gasteiger partial charge is 0.444 e. The second kappa shape index (κ2) is 7.97. The molecule has 0 aromatic carbocycles. The number of piperidine rings is 1. The molecule has 7 heteroatoms. The van der Waals surface area contributed by atoms with Gasteiger partial charge in [0.15, 0.2) is 0 Å². The molecule has 0 bridgehead atoms. The number of alkyl carbamates (subject to hydrolysis) is 1. The molecule has 128 valence electrons. The van der Waals surface area contributed by atoms with Crippen LogP contribution in [0.4, 0.5) is 4.79 Å². The number of likely N-dealkylation sites (tertiary alicyclic amines) is 1. The second-order valence-corrected chi connectivity index (χ2v) is 7.53. The number of ether oxygens (including phenoxy) is 1. The Morgan fingerprint density at radius 2 is 2.17 bits per heavy atom. The van der Waals surface area contributed by atoms with E-state index in [1.807, 2.05) is 27.0 Å². The van der Waals surface area contributed by atoms with Gasteiger partial charge in [-0.05, 0) is 46.4 Å². The molecule has 1 saturated heterocycles. The Morgan fingerprint density at radius 3 is 2.87 bits per heavy atom. The van der Waals surface area contributed by atoms with Crippen molar-refractivity contribution in [3.63, 3.8) is 0 Å². The highest BCUT2D eigenvalue weighted by molar-refractivity contribution is 7.98. The van der Waals surface area contributed by atoms with Gasteiger partial charge in [0, 0.05) is 31.5 Å². The summed E-state index contributed by atoms with van der Waals surface area (Å²) in [4.78, 5) is 23.0. The summed E-state index contributed by atoms with van der Waals surface area (Å²) >= 11 is 1.61. The van der Waals surface area contributed by atoms with Gasteiger partial charge in [0.05, 0.1) is 5.69 Å². The Labute approximate surface area is 142 Å². The van der Waals surface area contributed by atoms with Crippen LogP contribution in [0.5, 0.6) is 0 Å². The van der Waals surface area contributed by atoms with Crippen molar-refractivity contribution in [2.75, 3.05) is 19.3 Å². The zero-order valence-electron chi connectivity index (χ0n) is 14.3. The first-order valence-corrected chi connectivity index (χ1v) is 9.15. The third-order valence-corrected chi connectivity index (χ3v) is 4.26. The van der Waals surface area contributed by atoms with E-state index in [2.05, 4.69) is 20.2 Å². The van der Waals surface area contributed by atoms with Crippen LogP contribution < -0.4 is 5.32 Å². The van der Waals surface area contributed by atoms with E-state index in [0.29, 0.717) is 0 Å². The first-order chi connectivity index (χ1) is 10.9. The number of thioether (sulfide) groups is 1. The number of carbonyl (C=O) groups excluding carboxylic acids is 1. The zero-order chi connectivity index (χ0) is 16.9. The predicted octanol–water partition coefficient (Wildman–Crippen LogP) is 2.69. The fourth-order valence-corrected chi connectivity index (χ4v) is 3.16. The molecule has 1 amide bonds. The van der Waals surface area contributed by atoms with Crippen LogP contribution in [0.3, 0.4) is 0 Å². The lowest BCUT2D eigenvalue weighted by Crippen LogP contribution is -2.48. The van der Waals surface area contributed by atoms with Crippen LogP contribution in [0, 0.1) is 0 Å². The van der Waals surface area contributed by atoms with E-state index in [9.17, 15) is 4.79 Å². The predicted molar refractivity (Wildman–Crippen MR) is 91.5 cm³/mol. The quantitative estimate of drug-likeness (QED) is 0.852. The smallest absolute Gasteiger partial charge is 0.407 e. The number of carbonyl (C=O) groups is 1. The fraction of sp³-hybridized carbons (Fsp3) is 0.688. The highest BCUT2D eigenvalue weighted by Gasteiger charge is 2.24. The standard InChI is InChI=1S/C16H26N4O2S/c1-16(2,3)22-15(21)19-12-6-5-9-20(10-12)11-13-14(23-4)18-8-7-17-13/h7-8,12H,5-6,9-11H2,1-4H3,(H,19,21)/t12-/m0/s1. The molecule has 1 fully saturated rings. The summed E-state index contributed by atoms with van der Waals surface area (Å²) in [7, 11) is 0. The lowest BCUT2D eigenvalue weighted by atomic mass is 10.1. The summed E-state index contributed by atoms with van der Waals surface area (Å²) in [5.74, 6) is 0. The van der Waals surface area contributed by atoms with Crippen molar-refractivity contribution in [1.29, 1.82) is 0 Å². The molecule has 2 heterocycles. The average molecular weight is 338 g/mol. The Bertz CT molecular complexity index is 533. The minimum atomic E-state index is -0.467. The van der Waals surface area contributed by atoms with Gasteiger partial charge in [0.25, 0.3) is 0 Å². The van der Waals surface area contributed by atoms with Crippen molar-refractivity contribution in [3.8, 4) is 0 Å². The van der Waals surface area contributed by atoms with Gasteiger partial charge in [-0.25, -0.2) is 9.78 Å². The summed E-state index contributed by atoms with van der Waals surface area (Å²) < 4.78 is 5.34. The molecule has 0 unspecified atom stereocenters. The van der Waals surface area contributed by atoms with E-state index in [1.54, 1.807) is 24.2 Å². The molecule has 1 aliphatic rings. The van der Waals surface area contributed by atoms with Crippen molar-refractivity contribution in [2.24, 2.45) is 0 Å². The molecule has 0 spiro atoms. The Hall–Kier alpha value is -1.34. The number of aromatic nitrogens is 2. The third kappa shape index (κ3) is 5.99. The van der Waals surface area contributed by atoms with Gasteiger partial charge in [0.2, 0.25) is 0 Å². The summed E-state index contributed by atoms with van der Waals surface area (Å²) in [5, 5.41) is 3.94. The number of amides is 1. The molecule has 1 N–H and O–H groups in total. The molecule has 0 aliphatic carbocycles. The number of hydrogen-bond donors (Lipinski definition) is 1. The maximum Gasteiger partial charge on any atom is 0.407 e. The van der Waals surface area contributed by atoms with Crippen molar-refractivity contribution < 1.29 is 9.53 Å². The van der Waals surface area contributed by atoms with E-state index in [-0.39, 0.29) is 12.1 Å². The molecule has 6 nitrogen and oxygen atoms in total. The summed E-state index contributed by atoms with van der Waals surface area (Å²) in [6.07, 6.45) is 7.15. The maximum atomic E-state index is 11.9. The second-order valence-electron chi connectivity index (χ2n) is 6.73. The topological polar surface area (TPSA) is 67.4 Å². The van der Waals surface area contributed by atoms with Gasteiger partial charge < -0.3 is 10.1 Å². The van der Waals surface area contributed by atoms with Gasteiger partial charge in [-0.15, -0.1) is 11.8 Å². The highest BCUT2D eigenvalue weighted by Crippen LogP contribution is 2.19. The van der Waals surface area contributed by atoms with Gasteiger partial charge in [-0.1, -0.05) is 0 Å². The van der Waals surface area contributed by atoms with Gasteiger partial charge in [-0.2, -0.15) is 0 Å². The average Bonchev–Trinajstić information content (AvgIpc) is 2.46. The molecule has 1 atom stereocenters. The van der Waals surface area contributed by atoms with Crippen molar-refractivity contribution in [2.45, 2.75) is 56.8 Å². The monoisotopic (exact) mass is 338 g/mol. The normalized spacial score (nSPS) is 19.4. The molecule has 1 aromatic rings. The third-order valence-electron chi connectivity index (χ3n) is 3.53. The van der Waals surface area contributed by atoms with Gasteiger partial charge >= 0.3 is 6.09 Å². The van der Waals surface area contributed by atoms with Crippen molar-refractivity contribution >= 4 is 17.9 Å². The first-order valence-electron chi connectivity index (χ1n) is 7.93. The number of nitrogens with zero attached hydrogens (tertiary/aromatic N) is 3. The van der Waals surface area contributed by atoms with Gasteiger partial charge in [-0.3, -0.25) is 9.88 Å². The molecular formula is C16H26N4O2S. The molecular weight excluding hydrogens is 312 g/mol. The zero-order valence-corrected chi connectivity index (χ0v) is 15.2. The van der Waals surface area contributed by atoms with Crippen LogP contribution in [0.2, 0.25) is 0 Å². The van der Waals surface area contributed by atoms with Gasteiger partial charge in [0.1, 0.15) is 10.6 Å². The highest BCUT2D eigenvalue weighted by atomic mass is 32.2. The minimum absolute atomic E-state index is 0.119. The lowest BCUT2D eigenvalue weighted by Gasteiger charge is -2.33. The summed E-state index contributed by atoms with van der Waals surface area (Å²) in [6, 6.07) is 0.119. The molecule has 1 aliphatic heterocycles. The van der Waals surface area contributed by atoms with Crippen LogP contribution in [0.1, 0.15) is 39.3 Å². The van der Waals surface area contributed by atoms with Crippen molar-refractivity contribution in [3.05, 3.63) is 18.1 Å². The summed E-state index contributed by atoms with van der Waals surface area (Å²) in [5.41, 5.74) is 0.531. The van der Waals surface area contributed by atoms with E-state index >= 15 is 0 Å².